The van der Waals surface area contributed by atoms with Gasteiger partial charge in [0.25, 0.3) is 0 Å². The second-order valence-electron chi connectivity index (χ2n) is 7.48. The Balaban J connectivity index is 1.81. The molecule has 0 radical (unpaired) electrons. The zero-order chi connectivity index (χ0) is 24.9. The van der Waals surface area contributed by atoms with E-state index in [2.05, 4.69) is 0 Å². The molecule has 13 heteroatoms. The molecular weight excluding hydrogens is 460 g/mol. The lowest BCUT2D eigenvalue weighted by atomic mass is 9.99. The third-order valence-electron chi connectivity index (χ3n) is 5.24. The van der Waals surface area contributed by atoms with E-state index in [1.165, 1.54) is 6.07 Å². The smallest absolute Gasteiger partial charge is 0.335 e. The van der Waals surface area contributed by atoms with Gasteiger partial charge in [-0.25, -0.2) is 4.79 Å². The molecule has 13 nitrogen and oxygen atoms in total. The lowest BCUT2D eigenvalue weighted by molar-refractivity contribution is -0.270. The molecule has 0 bridgehead atoms. The molecule has 8 N–H and O–H groups in total. The van der Waals surface area contributed by atoms with Crippen LogP contribution in [-0.4, -0.2) is 77.5 Å². The van der Waals surface area contributed by atoms with Crippen LogP contribution in [0.2, 0.25) is 0 Å². The number of carboxylic acids is 1. The minimum atomic E-state index is -1.98. The van der Waals surface area contributed by atoms with E-state index in [0.717, 1.165) is 24.3 Å². The Morgan fingerprint density at radius 3 is 2.24 bits per heavy atom. The molecule has 1 aromatic heterocycles. The summed E-state index contributed by atoms with van der Waals surface area (Å²) < 4.78 is 15.9. The van der Waals surface area contributed by atoms with Crippen LogP contribution in [0.1, 0.15) is 0 Å². The van der Waals surface area contributed by atoms with Gasteiger partial charge in [0.1, 0.15) is 35.2 Å². The number of aliphatic hydroxyl groups is 3. The number of aromatic hydroxyl groups is 4. The molecule has 1 aliphatic rings. The molecule has 0 spiro atoms. The first-order valence-electron chi connectivity index (χ1n) is 9.64. The fraction of sp³-hybridized carbons (Fsp3) is 0.238. The van der Waals surface area contributed by atoms with Crippen LogP contribution in [0.5, 0.6) is 28.7 Å². The summed E-state index contributed by atoms with van der Waals surface area (Å²) >= 11 is 0. The van der Waals surface area contributed by atoms with Crippen LogP contribution in [0.25, 0.3) is 22.3 Å². The maximum Gasteiger partial charge on any atom is 0.335 e. The number of phenols is 4. The number of ether oxygens (including phenoxy) is 2. The normalized spacial score (nSPS) is 24.7. The van der Waals surface area contributed by atoms with E-state index in [-0.39, 0.29) is 11.3 Å². The third kappa shape index (κ3) is 3.82. The predicted molar refractivity (Wildman–Crippen MR) is 110 cm³/mol. The number of fused-ring (bicyclic) bond motifs is 1. The van der Waals surface area contributed by atoms with Gasteiger partial charge < -0.3 is 54.7 Å². The largest absolute Gasteiger partial charge is 0.504 e. The number of hydrogen-bond donors (Lipinski definition) is 8. The first-order valence-corrected chi connectivity index (χ1v) is 9.64. The SMILES string of the molecule is O=C(O)[C@H]1O[C@@H](Oc2cc(O)c(O)c3oc(-c4ccc(O)c(O)c4)cc(=O)c23)[C@H](O)[C@@H](O)[C@@H]1O. The Labute approximate surface area is 188 Å². The van der Waals surface area contributed by atoms with E-state index < -0.39 is 81.8 Å². The van der Waals surface area contributed by atoms with Crippen molar-refractivity contribution < 1.29 is 59.5 Å². The van der Waals surface area contributed by atoms with E-state index >= 15 is 0 Å². The van der Waals surface area contributed by atoms with Crippen molar-refractivity contribution in [1.29, 1.82) is 0 Å². The Kier molecular flexibility index (Phi) is 5.70. The maximum atomic E-state index is 12.9. The van der Waals surface area contributed by atoms with E-state index in [1.807, 2.05) is 0 Å². The van der Waals surface area contributed by atoms with Gasteiger partial charge in [-0.1, -0.05) is 0 Å². The molecule has 180 valence electrons. The Bertz CT molecular complexity index is 1330. The van der Waals surface area contributed by atoms with Gasteiger partial charge in [0, 0.05) is 17.7 Å². The van der Waals surface area contributed by atoms with Gasteiger partial charge in [0.2, 0.25) is 12.0 Å². The van der Waals surface area contributed by atoms with Crippen LogP contribution in [0.3, 0.4) is 0 Å². The van der Waals surface area contributed by atoms with Crippen LogP contribution in [0.4, 0.5) is 0 Å². The Hall–Kier alpha value is -4.04. The van der Waals surface area contributed by atoms with E-state index in [0.29, 0.717) is 0 Å². The molecule has 4 rings (SSSR count). The van der Waals surface area contributed by atoms with Crippen LogP contribution < -0.4 is 10.2 Å². The lowest BCUT2D eigenvalue weighted by Crippen LogP contribution is -2.61. The highest BCUT2D eigenvalue weighted by atomic mass is 16.7. The van der Waals surface area contributed by atoms with Crippen molar-refractivity contribution in [2.24, 2.45) is 0 Å². The maximum absolute atomic E-state index is 12.9. The van der Waals surface area contributed by atoms with Gasteiger partial charge in [0.05, 0.1) is 0 Å². The van der Waals surface area contributed by atoms with Crippen molar-refractivity contribution in [3.05, 3.63) is 40.6 Å². The van der Waals surface area contributed by atoms with Crippen molar-refractivity contribution >= 4 is 16.9 Å². The molecule has 0 aliphatic carbocycles. The average Bonchev–Trinajstić information content (AvgIpc) is 2.78. The lowest BCUT2D eigenvalue weighted by Gasteiger charge is -2.38. The molecule has 0 unspecified atom stereocenters. The van der Waals surface area contributed by atoms with Gasteiger partial charge in [-0.05, 0) is 18.2 Å². The number of phenolic OH excluding ortho intramolecular Hbond substituents is 4. The summed E-state index contributed by atoms with van der Waals surface area (Å²) in [4.78, 5) is 24.2. The van der Waals surface area contributed by atoms with Crippen LogP contribution in [-0.2, 0) is 9.53 Å². The first-order chi connectivity index (χ1) is 16.0. The van der Waals surface area contributed by atoms with Crippen LogP contribution in [0, 0.1) is 0 Å². The van der Waals surface area contributed by atoms with E-state index in [1.54, 1.807) is 0 Å². The summed E-state index contributed by atoms with van der Waals surface area (Å²) in [6.45, 7) is 0. The van der Waals surface area contributed by atoms with Gasteiger partial charge in [-0.15, -0.1) is 0 Å². The van der Waals surface area contributed by atoms with Gasteiger partial charge in [0.15, 0.2) is 34.4 Å². The summed E-state index contributed by atoms with van der Waals surface area (Å²) in [5.41, 5.74) is -1.26. The highest BCUT2D eigenvalue weighted by Gasteiger charge is 2.48. The van der Waals surface area contributed by atoms with Gasteiger partial charge >= 0.3 is 5.97 Å². The molecule has 0 amide bonds. The number of benzene rings is 2. The molecule has 2 heterocycles. The first kappa shape index (κ1) is 23.1. The third-order valence-corrected chi connectivity index (χ3v) is 5.24. The summed E-state index contributed by atoms with van der Waals surface area (Å²) in [6, 6.07) is 5.26. The highest BCUT2D eigenvalue weighted by Crippen LogP contribution is 2.41. The standard InChI is InChI=1S/C21H18O13/c22-7-2-1-6(3-8(7)23)11-4-9(24)13-12(5-10(25)14(26)18(13)32-11)33-21-17(29)15(27)16(28)19(34-21)20(30)31/h1-5,15-17,19,21-23,25-29H,(H,30,31)/t15-,16-,17+,19-,21+/m0/s1. The zero-order valence-corrected chi connectivity index (χ0v) is 16.9. The predicted octanol–water partition coefficient (Wildman–Crippen LogP) is -0.447. The second-order valence-corrected chi connectivity index (χ2v) is 7.48. The topological polar surface area (TPSA) is 228 Å². The van der Waals surface area contributed by atoms with Crippen LogP contribution >= 0.6 is 0 Å². The Morgan fingerprint density at radius 1 is 0.882 bits per heavy atom. The van der Waals surface area contributed by atoms with Crippen molar-refractivity contribution in [2.75, 3.05) is 0 Å². The van der Waals surface area contributed by atoms with Crippen molar-refractivity contribution in [3.63, 3.8) is 0 Å². The molecule has 34 heavy (non-hydrogen) atoms. The number of carboxylic acid groups (broad SMARTS) is 1. The van der Waals surface area contributed by atoms with Crippen molar-refractivity contribution in [2.45, 2.75) is 30.7 Å². The Morgan fingerprint density at radius 2 is 1.59 bits per heavy atom. The number of aliphatic hydroxyl groups excluding tert-OH is 3. The molecule has 1 fully saturated rings. The zero-order valence-electron chi connectivity index (χ0n) is 16.9. The molecular formula is C21H18O13. The minimum Gasteiger partial charge on any atom is -0.504 e. The second kappa shape index (κ2) is 8.39. The number of rotatable bonds is 4. The molecule has 0 saturated carbocycles. The molecule has 3 aromatic rings. The average molecular weight is 478 g/mol. The molecule has 5 atom stereocenters. The fourth-order valence-corrected chi connectivity index (χ4v) is 3.46. The van der Waals surface area contributed by atoms with Crippen LogP contribution in [0.15, 0.2) is 39.5 Å². The highest BCUT2D eigenvalue weighted by molar-refractivity contribution is 5.91. The van der Waals surface area contributed by atoms with E-state index in [9.17, 15) is 45.3 Å². The van der Waals surface area contributed by atoms with Gasteiger partial charge in [-0.2, -0.15) is 0 Å². The summed E-state index contributed by atoms with van der Waals surface area (Å²) in [5.74, 6) is -4.95. The van der Waals surface area contributed by atoms with E-state index in [4.69, 9.17) is 19.0 Å². The number of carbonyl (C=O) groups is 1. The monoisotopic (exact) mass is 478 g/mol. The number of aliphatic carboxylic acids is 1. The summed E-state index contributed by atoms with van der Waals surface area (Å²) in [6.07, 6.45) is -9.80. The summed E-state index contributed by atoms with van der Waals surface area (Å²) in [5, 5.41) is 78.2. The molecule has 1 aliphatic heterocycles. The minimum absolute atomic E-state index is 0.131. The number of hydrogen-bond acceptors (Lipinski definition) is 12. The van der Waals surface area contributed by atoms with Gasteiger partial charge in [-0.3, -0.25) is 4.79 Å². The fourth-order valence-electron chi connectivity index (χ4n) is 3.46. The quantitative estimate of drug-likeness (QED) is 0.223. The molecule has 1 saturated heterocycles. The summed E-state index contributed by atoms with van der Waals surface area (Å²) in [7, 11) is 0. The molecule has 2 aromatic carbocycles. The van der Waals surface area contributed by atoms with Crippen molar-refractivity contribution in [3.8, 4) is 40.1 Å². The van der Waals surface area contributed by atoms with Crippen molar-refractivity contribution in [1.82, 2.24) is 0 Å².